The number of hydrogen-bond donors (Lipinski definition) is 1. The SMILES string of the molecule is CCNC(=O)C1COCCN1CC(=O)CCC(=O)OCC. The summed E-state index contributed by atoms with van der Waals surface area (Å²) in [5, 5.41) is 2.74. The van der Waals surface area contributed by atoms with E-state index in [2.05, 4.69) is 5.32 Å². The number of morpholine rings is 1. The summed E-state index contributed by atoms with van der Waals surface area (Å²) in [7, 11) is 0. The van der Waals surface area contributed by atoms with Crippen LogP contribution in [0.3, 0.4) is 0 Å². The molecule has 7 heteroatoms. The number of esters is 1. The fourth-order valence-corrected chi connectivity index (χ4v) is 2.14. The summed E-state index contributed by atoms with van der Waals surface area (Å²) in [4.78, 5) is 36.9. The molecule has 1 N–H and O–H groups in total. The van der Waals surface area contributed by atoms with Crippen LogP contribution in [0.2, 0.25) is 0 Å². The minimum atomic E-state index is -0.440. The third kappa shape index (κ3) is 6.22. The molecule has 1 amide bonds. The van der Waals surface area contributed by atoms with Gasteiger partial charge in [0.15, 0.2) is 0 Å². The molecule has 21 heavy (non-hydrogen) atoms. The van der Waals surface area contributed by atoms with E-state index in [-0.39, 0.29) is 43.7 Å². The van der Waals surface area contributed by atoms with Gasteiger partial charge in [-0.25, -0.2) is 0 Å². The molecule has 0 aromatic rings. The van der Waals surface area contributed by atoms with Crippen molar-refractivity contribution in [2.45, 2.75) is 32.7 Å². The summed E-state index contributed by atoms with van der Waals surface area (Å²) in [6, 6.07) is -0.440. The Labute approximate surface area is 124 Å². The number of Topliss-reactive ketones (excluding diaryl/α,β-unsaturated/α-hetero) is 1. The fraction of sp³-hybridized carbons (Fsp3) is 0.786. The van der Waals surface area contributed by atoms with Crippen molar-refractivity contribution in [2.75, 3.05) is 39.5 Å². The van der Waals surface area contributed by atoms with Gasteiger partial charge in [-0.15, -0.1) is 0 Å². The minimum Gasteiger partial charge on any atom is -0.466 e. The van der Waals surface area contributed by atoms with E-state index in [0.717, 1.165) is 0 Å². The highest BCUT2D eigenvalue weighted by Crippen LogP contribution is 2.08. The molecule has 0 aromatic carbocycles. The van der Waals surface area contributed by atoms with Crippen molar-refractivity contribution in [3.05, 3.63) is 0 Å². The predicted molar refractivity (Wildman–Crippen MR) is 75.7 cm³/mol. The van der Waals surface area contributed by atoms with E-state index < -0.39 is 6.04 Å². The van der Waals surface area contributed by atoms with Gasteiger partial charge in [0.05, 0.1) is 32.8 Å². The van der Waals surface area contributed by atoms with Crippen LogP contribution >= 0.6 is 0 Å². The summed E-state index contributed by atoms with van der Waals surface area (Å²) in [5.41, 5.74) is 0. The average Bonchev–Trinajstić information content (AvgIpc) is 2.46. The third-order valence-electron chi connectivity index (χ3n) is 3.19. The lowest BCUT2D eigenvalue weighted by atomic mass is 10.1. The molecule has 7 nitrogen and oxygen atoms in total. The first kappa shape index (κ1) is 17.6. The van der Waals surface area contributed by atoms with Crippen LogP contribution in [0, 0.1) is 0 Å². The quantitative estimate of drug-likeness (QED) is 0.622. The zero-order chi connectivity index (χ0) is 15.7. The van der Waals surface area contributed by atoms with Crippen LogP contribution in [-0.4, -0.2) is 68.1 Å². The predicted octanol–water partition coefficient (Wildman–Crippen LogP) is -0.264. The van der Waals surface area contributed by atoms with E-state index in [1.54, 1.807) is 6.92 Å². The van der Waals surface area contributed by atoms with E-state index >= 15 is 0 Å². The van der Waals surface area contributed by atoms with Crippen molar-refractivity contribution in [2.24, 2.45) is 0 Å². The molecule has 1 aliphatic heterocycles. The van der Waals surface area contributed by atoms with Crippen LogP contribution < -0.4 is 5.32 Å². The van der Waals surface area contributed by atoms with Gasteiger partial charge in [0.1, 0.15) is 11.8 Å². The highest BCUT2D eigenvalue weighted by Gasteiger charge is 2.30. The Hall–Kier alpha value is -1.47. The Morgan fingerprint density at radius 2 is 2.05 bits per heavy atom. The van der Waals surface area contributed by atoms with Crippen LogP contribution in [-0.2, 0) is 23.9 Å². The average molecular weight is 300 g/mol. The number of nitrogens with zero attached hydrogens (tertiary/aromatic N) is 1. The molecule has 120 valence electrons. The van der Waals surface area contributed by atoms with Gasteiger partial charge >= 0.3 is 5.97 Å². The van der Waals surface area contributed by atoms with Crippen LogP contribution in [0.4, 0.5) is 0 Å². The lowest BCUT2D eigenvalue weighted by Gasteiger charge is -2.33. The van der Waals surface area contributed by atoms with E-state index in [1.807, 2.05) is 11.8 Å². The number of rotatable bonds is 8. The molecule has 0 bridgehead atoms. The maximum absolute atomic E-state index is 11.9. The van der Waals surface area contributed by atoms with E-state index in [1.165, 1.54) is 0 Å². The molecule has 1 atom stereocenters. The van der Waals surface area contributed by atoms with Gasteiger partial charge in [0.25, 0.3) is 0 Å². The first-order valence-corrected chi connectivity index (χ1v) is 7.35. The number of hydrogen-bond acceptors (Lipinski definition) is 6. The summed E-state index contributed by atoms with van der Waals surface area (Å²) in [6.07, 6.45) is 0.223. The first-order chi connectivity index (χ1) is 10.1. The molecule has 1 rings (SSSR count). The molecule has 1 aliphatic rings. The minimum absolute atomic E-state index is 0.0701. The van der Waals surface area contributed by atoms with Crippen molar-refractivity contribution in [3.8, 4) is 0 Å². The zero-order valence-corrected chi connectivity index (χ0v) is 12.7. The van der Waals surface area contributed by atoms with Gasteiger partial charge in [0.2, 0.25) is 5.91 Å². The fourth-order valence-electron chi connectivity index (χ4n) is 2.14. The maximum atomic E-state index is 11.9. The first-order valence-electron chi connectivity index (χ1n) is 7.35. The Morgan fingerprint density at radius 1 is 1.29 bits per heavy atom. The molecule has 1 saturated heterocycles. The van der Waals surface area contributed by atoms with Crippen molar-refractivity contribution in [1.82, 2.24) is 10.2 Å². The molecule has 0 radical (unpaired) electrons. The number of ketones is 1. The number of likely N-dealkylation sites (N-methyl/N-ethyl adjacent to an activating group) is 1. The number of carbonyl (C=O) groups excluding carboxylic acids is 3. The largest absolute Gasteiger partial charge is 0.466 e. The molecule has 0 saturated carbocycles. The zero-order valence-electron chi connectivity index (χ0n) is 12.7. The molecular weight excluding hydrogens is 276 g/mol. The highest BCUT2D eigenvalue weighted by molar-refractivity contribution is 5.86. The van der Waals surface area contributed by atoms with Crippen LogP contribution in [0.5, 0.6) is 0 Å². The van der Waals surface area contributed by atoms with Gasteiger partial charge in [-0.1, -0.05) is 0 Å². The van der Waals surface area contributed by atoms with Gasteiger partial charge in [-0.2, -0.15) is 0 Å². The lowest BCUT2D eigenvalue weighted by molar-refractivity contribution is -0.145. The number of nitrogens with one attached hydrogen (secondary N) is 1. The van der Waals surface area contributed by atoms with E-state index in [9.17, 15) is 14.4 Å². The van der Waals surface area contributed by atoms with Crippen molar-refractivity contribution < 1.29 is 23.9 Å². The Kier molecular flexibility index (Phi) is 7.92. The van der Waals surface area contributed by atoms with Gasteiger partial charge in [0, 0.05) is 19.5 Å². The molecule has 1 heterocycles. The van der Waals surface area contributed by atoms with Crippen molar-refractivity contribution in [3.63, 3.8) is 0 Å². The summed E-state index contributed by atoms with van der Waals surface area (Å²) < 4.78 is 10.1. The van der Waals surface area contributed by atoms with Crippen molar-refractivity contribution >= 4 is 17.7 Å². The van der Waals surface area contributed by atoms with Gasteiger partial charge in [-0.3, -0.25) is 19.3 Å². The molecular formula is C14H24N2O5. The highest BCUT2D eigenvalue weighted by atomic mass is 16.5. The lowest BCUT2D eigenvalue weighted by Crippen LogP contribution is -2.55. The topological polar surface area (TPSA) is 84.9 Å². The smallest absolute Gasteiger partial charge is 0.306 e. The number of ether oxygens (including phenoxy) is 2. The third-order valence-corrected chi connectivity index (χ3v) is 3.19. The number of amides is 1. The molecule has 0 aromatic heterocycles. The second-order valence-electron chi connectivity index (χ2n) is 4.80. The number of carbonyl (C=O) groups is 3. The van der Waals surface area contributed by atoms with Crippen LogP contribution in [0.25, 0.3) is 0 Å². The van der Waals surface area contributed by atoms with E-state index in [4.69, 9.17) is 9.47 Å². The summed E-state index contributed by atoms with van der Waals surface area (Å²) in [5.74, 6) is -0.567. The second kappa shape index (κ2) is 9.46. The monoisotopic (exact) mass is 300 g/mol. The standard InChI is InChI=1S/C14H24N2O5/c1-3-15-14(19)12-10-20-8-7-16(12)9-11(17)5-6-13(18)21-4-2/h12H,3-10H2,1-2H3,(H,15,19). The Balaban J connectivity index is 2.44. The van der Waals surface area contributed by atoms with Crippen molar-refractivity contribution in [1.29, 1.82) is 0 Å². The molecule has 0 spiro atoms. The van der Waals surface area contributed by atoms with E-state index in [0.29, 0.717) is 26.3 Å². The Bertz CT molecular complexity index is 372. The van der Waals surface area contributed by atoms with Crippen LogP contribution in [0.1, 0.15) is 26.7 Å². The summed E-state index contributed by atoms with van der Waals surface area (Å²) in [6.45, 7) is 5.91. The van der Waals surface area contributed by atoms with Gasteiger partial charge < -0.3 is 14.8 Å². The second-order valence-corrected chi connectivity index (χ2v) is 4.80. The summed E-state index contributed by atoms with van der Waals surface area (Å²) >= 11 is 0. The van der Waals surface area contributed by atoms with Crippen LogP contribution in [0.15, 0.2) is 0 Å². The molecule has 0 aliphatic carbocycles. The Morgan fingerprint density at radius 3 is 2.71 bits per heavy atom. The molecule has 1 fully saturated rings. The normalized spacial score (nSPS) is 19.0. The van der Waals surface area contributed by atoms with Gasteiger partial charge in [-0.05, 0) is 13.8 Å². The molecule has 1 unspecified atom stereocenters. The maximum Gasteiger partial charge on any atom is 0.306 e.